The summed E-state index contributed by atoms with van der Waals surface area (Å²) in [5.41, 5.74) is 8.28. The summed E-state index contributed by atoms with van der Waals surface area (Å²) in [5, 5.41) is 108. The van der Waals surface area contributed by atoms with Crippen LogP contribution in [0.1, 0.15) is 25.7 Å². The average molecular weight is 643 g/mol. The van der Waals surface area contributed by atoms with Crippen molar-refractivity contribution in [2.24, 2.45) is 5.11 Å². The maximum atomic E-state index is 12.3. The first-order valence-electron chi connectivity index (χ1n) is 14.2. The highest BCUT2D eigenvalue weighted by Gasteiger charge is 2.53. The van der Waals surface area contributed by atoms with Gasteiger partial charge >= 0.3 is 0 Å². The molecule has 0 bridgehead atoms. The minimum atomic E-state index is -1.94. The van der Waals surface area contributed by atoms with Crippen molar-refractivity contribution in [1.29, 1.82) is 0 Å². The minimum Gasteiger partial charge on any atom is -0.394 e. The van der Waals surface area contributed by atoms with E-state index in [1.807, 2.05) is 0 Å². The van der Waals surface area contributed by atoms with Gasteiger partial charge in [0.05, 0.1) is 19.8 Å². The summed E-state index contributed by atoms with van der Waals surface area (Å²) >= 11 is 0. The minimum absolute atomic E-state index is 0.0332. The molecular weight excluding hydrogens is 600 g/mol. The van der Waals surface area contributed by atoms with Crippen LogP contribution < -0.4 is 5.32 Å². The van der Waals surface area contributed by atoms with Gasteiger partial charge in [0, 0.05) is 17.9 Å². The standard InChI is InChI=1S/C24H42N4O16/c25-28-26-5-3-1-2-4-12(32)27-22-17(37)16(36)20(11(8-31)40-22)43-24-19(39)21(14(34)10(7-30)42-24)44-23-18(38)15(35)13(33)9(6-29)41-23/h9-11,13-24,29-31,33-39H,1-8H2,(H,27,32)/t9-,10-,11-,13+,14+,15+,16-,17-,18-,19-,20-,21+,22-,23-,24+/m1/s1. The molecule has 0 aromatic carbocycles. The van der Waals surface area contributed by atoms with Crippen molar-refractivity contribution in [2.45, 2.75) is 118 Å². The number of aliphatic hydroxyl groups is 10. The molecule has 3 aliphatic rings. The molecule has 0 radical (unpaired) electrons. The summed E-state index contributed by atoms with van der Waals surface area (Å²) in [6, 6.07) is 0. The first-order chi connectivity index (χ1) is 21.0. The zero-order valence-electron chi connectivity index (χ0n) is 23.6. The third-order valence-corrected chi connectivity index (χ3v) is 7.65. The number of rotatable bonds is 14. The van der Waals surface area contributed by atoms with Crippen LogP contribution in [0.5, 0.6) is 0 Å². The number of nitrogens with one attached hydrogen (secondary N) is 1. The summed E-state index contributed by atoms with van der Waals surface area (Å²) in [4.78, 5) is 15.0. The topological polar surface area (TPSA) is 326 Å². The van der Waals surface area contributed by atoms with E-state index < -0.39 is 118 Å². The molecule has 0 unspecified atom stereocenters. The maximum Gasteiger partial charge on any atom is 0.222 e. The Morgan fingerprint density at radius 1 is 0.682 bits per heavy atom. The number of carbonyl (C=O) groups excluding carboxylic acids is 1. The van der Waals surface area contributed by atoms with Crippen LogP contribution in [0.3, 0.4) is 0 Å². The number of hydrogen-bond donors (Lipinski definition) is 11. The van der Waals surface area contributed by atoms with Crippen molar-refractivity contribution in [3.8, 4) is 0 Å². The van der Waals surface area contributed by atoms with Gasteiger partial charge in [-0.15, -0.1) is 0 Å². The summed E-state index contributed by atoms with van der Waals surface area (Å²) < 4.78 is 27.4. The highest BCUT2D eigenvalue weighted by Crippen LogP contribution is 2.32. The third-order valence-electron chi connectivity index (χ3n) is 7.65. The van der Waals surface area contributed by atoms with Crippen molar-refractivity contribution in [3.05, 3.63) is 10.4 Å². The molecule has 3 rings (SSSR count). The molecule has 3 heterocycles. The van der Waals surface area contributed by atoms with E-state index in [0.717, 1.165) is 0 Å². The molecule has 1 amide bonds. The van der Waals surface area contributed by atoms with E-state index in [9.17, 15) is 55.9 Å². The predicted octanol–water partition coefficient (Wildman–Crippen LogP) is -5.58. The molecule has 15 atom stereocenters. The molecule has 0 aromatic heterocycles. The predicted molar refractivity (Wildman–Crippen MR) is 140 cm³/mol. The zero-order valence-corrected chi connectivity index (χ0v) is 23.6. The summed E-state index contributed by atoms with van der Waals surface area (Å²) in [5.74, 6) is -0.528. The number of hydrogen-bond acceptors (Lipinski definition) is 17. The fourth-order valence-electron chi connectivity index (χ4n) is 5.11. The van der Waals surface area contributed by atoms with Crippen molar-refractivity contribution in [1.82, 2.24) is 5.32 Å². The van der Waals surface area contributed by atoms with E-state index >= 15 is 0 Å². The van der Waals surface area contributed by atoms with Crippen LogP contribution >= 0.6 is 0 Å². The highest BCUT2D eigenvalue weighted by molar-refractivity contribution is 5.76. The SMILES string of the molecule is [N-]=[N+]=NCCCCCC(=O)N[C@@H]1O[C@H](CO)[C@@H](O[C@@H]2O[C@H](CO)[C@H](O)[C@H](O[C@H]3O[C@H](CO)[C@H](O)[C@H](O)[C@H]3O)[C@H]2O)[C@H](O)[C@H]1O. The Morgan fingerprint density at radius 3 is 1.89 bits per heavy atom. The fourth-order valence-corrected chi connectivity index (χ4v) is 5.11. The van der Waals surface area contributed by atoms with Gasteiger partial charge in [-0.3, -0.25) is 4.79 Å². The lowest BCUT2D eigenvalue weighted by atomic mass is 9.95. The van der Waals surface area contributed by atoms with Crippen LogP contribution in [0, 0.1) is 0 Å². The number of nitrogens with zero attached hydrogens (tertiary/aromatic N) is 3. The fraction of sp³-hybridized carbons (Fsp3) is 0.958. The van der Waals surface area contributed by atoms with Gasteiger partial charge < -0.3 is 80.1 Å². The van der Waals surface area contributed by atoms with Crippen molar-refractivity contribution >= 4 is 5.91 Å². The van der Waals surface area contributed by atoms with E-state index in [4.69, 9.17) is 29.2 Å². The van der Waals surface area contributed by atoms with E-state index in [-0.39, 0.29) is 13.0 Å². The molecule has 3 fully saturated rings. The Bertz CT molecular complexity index is 944. The van der Waals surface area contributed by atoms with Crippen LogP contribution in [0.25, 0.3) is 10.4 Å². The smallest absolute Gasteiger partial charge is 0.222 e. The summed E-state index contributed by atoms with van der Waals surface area (Å²) in [6.07, 6.45) is -23.7. The molecule has 3 saturated heterocycles. The van der Waals surface area contributed by atoms with E-state index in [2.05, 4.69) is 15.3 Å². The van der Waals surface area contributed by atoms with Crippen LogP contribution in [0.15, 0.2) is 5.11 Å². The normalized spacial score (nSPS) is 42.8. The molecule has 254 valence electrons. The average Bonchev–Trinajstić information content (AvgIpc) is 3.01. The monoisotopic (exact) mass is 642 g/mol. The number of unbranched alkanes of at least 4 members (excludes halogenated alkanes) is 2. The Hall–Kier alpha value is -1.82. The number of amides is 1. The van der Waals surface area contributed by atoms with E-state index in [1.165, 1.54) is 0 Å². The Balaban J connectivity index is 1.66. The maximum absolute atomic E-state index is 12.3. The van der Waals surface area contributed by atoms with Crippen LogP contribution in [-0.2, 0) is 28.5 Å². The van der Waals surface area contributed by atoms with Gasteiger partial charge in [0.25, 0.3) is 0 Å². The molecule has 11 N–H and O–H groups in total. The quantitative estimate of drug-likeness (QED) is 0.0364. The number of azide groups is 1. The van der Waals surface area contributed by atoms with Crippen molar-refractivity contribution < 1.29 is 79.5 Å². The molecule has 20 nitrogen and oxygen atoms in total. The molecule has 0 aliphatic carbocycles. The molecular formula is C24H42N4O16. The molecule has 44 heavy (non-hydrogen) atoms. The van der Waals surface area contributed by atoms with E-state index in [1.54, 1.807) is 0 Å². The molecule has 0 saturated carbocycles. The number of carbonyl (C=O) groups is 1. The highest BCUT2D eigenvalue weighted by atomic mass is 16.7. The van der Waals surface area contributed by atoms with Gasteiger partial charge in [0.15, 0.2) is 18.8 Å². The summed E-state index contributed by atoms with van der Waals surface area (Å²) in [7, 11) is 0. The lowest BCUT2D eigenvalue weighted by Crippen LogP contribution is -2.67. The molecule has 3 aliphatic heterocycles. The van der Waals surface area contributed by atoms with Crippen LogP contribution in [0.4, 0.5) is 0 Å². The zero-order chi connectivity index (χ0) is 32.6. The van der Waals surface area contributed by atoms with Gasteiger partial charge in [0.1, 0.15) is 73.2 Å². The van der Waals surface area contributed by atoms with Crippen molar-refractivity contribution in [3.63, 3.8) is 0 Å². The van der Waals surface area contributed by atoms with Gasteiger partial charge in [-0.25, -0.2) is 0 Å². The summed E-state index contributed by atoms with van der Waals surface area (Å²) in [6.45, 7) is -2.12. The first-order valence-corrected chi connectivity index (χ1v) is 14.2. The van der Waals surface area contributed by atoms with Gasteiger partial charge in [-0.1, -0.05) is 11.5 Å². The second kappa shape index (κ2) is 17.2. The number of ether oxygens (including phenoxy) is 5. The second-order valence-electron chi connectivity index (χ2n) is 10.7. The Kier molecular flexibility index (Phi) is 14.3. The van der Waals surface area contributed by atoms with Crippen LogP contribution in [-0.4, -0.2) is 175 Å². The number of aliphatic hydroxyl groups excluding tert-OH is 10. The molecule has 0 spiro atoms. The first kappa shape index (κ1) is 36.6. The third kappa shape index (κ3) is 8.70. The Morgan fingerprint density at radius 2 is 1.27 bits per heavy atom. The largest absolute Gasteiger partial charge is 0.394 e. The lowest BCUT2D eigenvalue weighted by Gasteiger charge is -2.48. The molecule has 20 heteroatoms. The van der Waals surface area contributed by atoms with Crippen molar-refractivity contribution in [2.75, 3.05) is 26.4 Å². The van der Waals surface area contributed by atoms with Gasteiger partial charge in [0.2, 0.25) is 5.91 Å². The molecule has 0 aromatic rings. The Labute approximate surface area is 250 Å². The second-order valence-corrected chi connectivity index (χ2v) is 10.7. The van der Waals surface area contributed by atoms with Gasteiger partial charge in [-0.05, 0) is 18.4 Å². The van der Waals surface area contributed by atoms with E-state index in [0.29, 0.717) is 19.3 Å². The lowest BCUT2D eigenvalue weighted by molar-refractivity contribution is -0.374. The van der Waals surface area contributed by atoms with Gasteiger partial charge in [-0.2, -0.15) is 0 Å². The van der Waals surface area contributed by atoms with Crippen LogP contribution in [0.2, 0.25) is 0 Å².